The lowest BCUT2D eigenvalue weighted by Crippen LogP contribution is -2.61. The van der Waals surface area contributed by atoms with Crippen LogP contribution in [0.3, 0.4) is 0 Å². The standard InChI is InChI=1S/C28H35NO2/c1-18-19(2)28-15-12-21-8-11-23(31-5)16-25(21)27(28,3)14-13-24(18)26(28)29-17-20-6-9-22(30-4)10-7-20/h6-11,16,24,26,29H,12-15,17H2,1-5H3/t24-,26-,27+,28+/m1/s1. The van der Waals surface area contributed by atoms with Gasteiger partial charge in [-0.25, -0.2) is 0 Å². The van der Waals surface area contributed by atoms with Crippen molar-refractivity contribution in [3.63, 3.8) is 0 Å². The summed E-state index contributed by atoms with van der Waals surface area (Å²) >= 11 is 0. The quantitative estimate of drug-likeness (QED) is 0.623. The maximum atomic E-state index is 5.64. The number of benzene rings is 2. The number of methoxy groups -OCH3 is 2. The van der Waals surface area contributed by atoms with E-state index in [1.165, 1.54) is 36.0 Å². The summed E-state index contributed by atoms with van der Waals surface area (Å²) in [5.74, 6) is 2.54. The normalized spacial score (nSPS) is 31.3. The molecular formula is C28H35NO2. The third kappa shape index (κ3) is 2.82. The van der Waals surface area contributed by atoms with Gasteiger partial charge in [0.05, 0.1) is 14.2 Å². The van der Waals surface area contributed by atoms with Crippen LogP contribution in [-0.2, 0) is 18.4 Å². The molecule has 0 unspecified atom stereocenters. The van der Waals surface area contributed by atoms with Crippen molar-refractivity contribution in [2.24, 2.45) is 11.3 Å². The summed E-state index contributed by atoms with van der Waals surface area (Å²) in [6, 6.07) is 15.7. The van der Waals surface area contributed by atoms with Gasteiger partial charge in [-0.3, -0.25) is 0 Å². The Morgan fingerprint density at radius 2 is 1.68 bits per heavy atom. The molecule has 4 atom stereocenters. The number of rotatable bonds is 5. The van der Waals surface area contributed by atoms with Crippen LogP contribution >= 0.6 is 0 Å². The van der Waals surface area contributed by atoms with Crippen LogP contribution in [0.1, 0.15) is 56.7 Å². The highest BCUT2D eigenvalue weighted by Crippen LogP contribution is 2.67. The number of ether oxygens (including phenoxy) is 2. The summed E-state index contributed by atoms with van der Waals surface area (Å²) in [4.78, 5) is 0. The molecule has 0 aliphatic heterocycles. The Labute approximate surface area is 186 Å². The van der Waals surface area contributed by atoms with Crippen LogP contribution in [0, 0.1) is 11.3 Å². The van der Waals surface area contributed by atoms with Gasteiger partial charge in [0.25, 0.3) is 0 Å². The Hall–Kier alpha value is -2.26. The van der Waals surface area contributed by atoms with Gasteiger partial charge in [-0.2, -0.15) is 0 Å². The first-order valence-corrected chi connectivity index (χ1v) is 11.7. The second-order valence-corrected chi connectivity index (χ2v) is 9.99. The second-order valence-electron chi connectivity index (χ2n) is 9.99. The summed E-state index contributed by atoms with van der Waals surface area (Å²) in [6.45, 7) is 8.25. The van der Waals surface area contributed by atoms with E-state index in [1.54, 1.807) is 25.4 Å². The molecule has 1 saturated carbocycles. The van der Waals surface area contributed by atoms with Gasteiger partial charge in [-0.05, 0) is 86.4 Å². The largest absolute Gasteiger partial charge is 0.497 e. The van der Waals surface area contributed by atoms with E-state index in [0.717, 1.165) is 24.5 Å². The van der Waals surface area contributed by atoms with Crippen molar-refractivity contribution in [3.8, 4) is 11.5 Å². The van der Waals surface area contributed by atoms with Crippen LogP contribution in [0.4, 0.5) is 0 Å². The van der Waals surface area contributed by atoms with E-state index in [0.29, 0.717) is 12.0 Å². The van der Waals surface area contributed by atoms with Crippen LogP contribution < -0.4 is 14.8 Å². The van der Waals surface area contributed by atoms with Crippen LogP contribution in [0.25, 0.3) is 0 Å². The van der Waals surface area contributed by atoms with E-state index in [9.17, 15) is 0 Å². The molecule has 3 heteroatoms. The highest BCUT2D eigenvalue weighted by atomic mass is 16.5. The SMILES string of the molecule is COc1ccc(CN[C@@H]2[C@@H]3CC[C@@]4(C)c5cc(OC)ccc5CC[C@]24C(C)=C3C)cc1. The fourth-order valence-corrected chi connectivity index (χ4v) is 7.29. The molecule has 3 nitrogen and oxygen atoms in total. The third-order valence-electron chi connectivity index (χ3n) is 9.08. The average molecular weight is 418 g/mol. The molecule has 5 rings (SSSR count). The molecule has 0 amide bonds. The lowest BCUT2D eigenvalue weighted by Gasteiger charge is -2.59. The van der Waals surface area contributed by atoms with Gasteiger partial charge in [0.15, 0.2) is 0 Å². The number of hydrogen-bond acceptors (Lipinski definition) is 3. The zero-order chi connectivity index (χ0) is 21.8. The van der Waals surface area contributed by atoms with Crippen molar-refractivity contribution >= 4 is 0 Å². The number of hydrogen-bond donors (Lipinski definition) is 1. The van der Waals surface area contributed by atoms with Crippen LogP contribution in [-0.4, -0.2) is 20.3 Å². The van der Waals surface area contributed by atoms with E-state index < -0.39 is 0 Å². The van der Waals surface area contributed by atoms with Crippen molar-refractivity contribution in [2.45, 2.75) is 64.5 Å². The molecule has 3 aliphatic rings. The van der Waals surface area contributed by atoms with Gasteiger partial charge in [-0.1, -0.05) is 36.3 Å². The van der Waals surface area contributed by atoms with Crippen LogP contribution in [0.15, 0.2) is 53.6 Å². The Morgan fingerprint density at radius 1 is 0.968 bits per heavy atom. The molecule has 3 aliphatic carbocycles. The van der Waals surface area contributed by atoms with E-state index >= 15 is 0 Å². The third-order valence-corrected chi connectivity index (χ3v) is 9.08. The first-order valence-electron chi connectivity index (χ1n) is 11.7. The lowest BCUT2D eigenvalue weighted by molar-refractivity contribution is 0.0376. The van der Waals surface area contributed by atoms with E-state index in [2.05, 4.69) is 68.6 Å². The zero-order valence-corrected chi connectivity index (χ0v) is 19.5. The second kappa shape index (κ2) is 7.41. The highest BCUT2D eigenvalue weighted by molar-refractivity contribution is 5.52. The summed E-state index contributed by atoms with van der Waals surface area (Å²) in [6.07, 6.45) is 4.86. The van der Waals surface area contributed by atoms with Gasteiger partial charge in [0.1, 0.15) is 11.5 Å². The molecule has 0 saturated heterocycles. The van der Waals surface area contributed by atoms with E-state index in [-0.39, 0.29) is 10.8 Å². The number of nitrogens with one attached hydrogen (secondary N) is 1. The molecule has 31 heavy (non-hydrogen) atoms. The molecule has 1 fully saturated rings. The fraction of sp³-hybridized carbons (Fsp3) is 0.500. The fourth-order valence-electron chi connectivity index (χ4n) is 7.29. The minimum Gasteiger partial charge on any atom is -0.497 e. The number of fused-ring (bicyclic) bond motifs is 3. The Morgan fingerprint density at radius 3 is 2.39 bits per heavy atom. The predicted octanol–water partition coefficient (Wildman–Crippen LogP) is 5.81. The predicted molar refractivity (Wildman–Crippen MR) is 126 cm³/mol. The van der Waals surface area contributed by atoms with Crippen molar-refractivity contribution in [1.29, 1.82) is 0 Å². The molecule has 2 bridgehead atoms. The van der Waals surface area contributed by atoms with Crippen LogP contribution in [0.5, 0.6) is 11.5 Å². The maximum Gasteiger partial charge on any atom is 0.119 e. The van der Waals surface area contributed by atoms with E-state index in [1.807, 2.05) is 0 Å². The smallest absolute Gasteiger partial charge is 0.119 e. The molecule has 2 aromatic rings. The lowest BCUT2D eigenvalue weighted by atomic mass is 9.46. The summed E-state index contributed by atoms with van der Waals surface area (Å²) in [7, 11) is 3.50. The van der Waals surface area contributed by atoms with Gasteiger partial charge < -0.3 is 14.8 Å². The first-order chi connectivity index (χ1) is 14.9. The van der Waals surface area contributed by atoms with E-state index in [4.69, 9.17) is 9.47 Å². The Bertz CT molecular complexity index is 1020. The minimum absolute atomic E-state index is 0.130. The molecule has 164 valence electrons. The van der Waals surface area contributed by atoms with Gasteiger partial charge in [0.2, 0.25) is 0 Å². The average Bonchev–Trinajstić information content (AvgIpc) is 2.96. The van der Waals surface area contributed by atoms with Crippen LogP contribution in [0.2, 0.25) is 0 Å². The molecule has 0 heterocycles. The number of aryl methyl sites for hydroxylation is 1. The summed E-state index contributed by atoms with van der Waals surface area (Å²) in [5.41, 5.74) is 7.91. The highest BCUT2D eigenvalue weighted by Gasteiger charge is 2.64. The Balaban J connectivity index is 1.53. The zero-order valence-electron chi connectivity index (χ0n) is 19.5. The van der Waals surface area contributed by atoms with Crippen molar-refractivity contribution in [2.75, 3.05) is 14.2 Å². The molecule has 0 radical (unpaired) electrons. The topological polar surface area (TPSA) is 30.5 Å². The van der Waals surface area contributed by atoms with Gasteiger partial charge in [0, 0.05) is 23.4 Å². The van der Waals surface area contributed by atoms with Crippen molar-refractivity contribution < 1.29 is 9.47 Å². The molecule has 1 spiro atoms. The van der Waals surface area contributed by atoms with Gasteiger partial charge in [-0.15, -0.1) is 0 Å². The Kier molecular flexibility index (Phi) is 4.93. The van der Waals surface area contributed by atoms with Gasteiger partial charge >= 0.3 is 0 Å². The molecule has 0 aromatic heterocycles. The maximum absolute atomic E-state index is 5.64. The molecule has 2 aromatic carbocycles. The monoisotopic (exact) mass is 417 g/mol. The first kappa shape index (κ1) is 20.6. The van der Waals surface area contributed by atoms with Crippen molar-refractivity contribution in [1.82, 2.24) is 5.32 Å². The summed E-state index contributed by atoms with van der Waals surface area (Å²) < 4.78 is 11.0. The molecule has 1 N–H and O–H groups in total. The minimum atomic E-state index is 0.130. The van der Waals surface area contributed by atoms with Crippen molar-refractivity contribution in [3.05, 3.63) is 70.3 Å². The molecular weight excluding hydrogens is 382 g/mol. The summed E-state index contributed by atoms with van der Waals surface area (Å²) in [5, 5.41) is 4.06.